The third-order valence-electron chi connectivity index (χ3n) is 11.2. The van der Waals surface area contributed by atoms with Crippen LogP contribution in [-0.4, -0.2) is 10.1 Å². The van der Waals surface area contributed by atoms with Gasteiger partial charge in [-0.25, -0.2) is 0 Å². The molecule has 0 saturated carbocycles. The van der Waals surface area contributed by atoms with E-state index in [0.29, 0.717) is 5.69 Å². The summed E-state index contributed by atoms with van der Waals surface area (Å²) < 4.78 is 2.44. The van der Waals surface area contributed by atoms with Crippen molar-refractivity contribution in [2.45, 2.75) is 6.04 Å². The molecule has 1 atom stereocenters. The summed E-state index contributed by atoms with van der Waals surface area (Å²) in [7, 11) is 0. The summed E-state index contributed by atoms with van der Waals surface area (Å²) in [4.78, 5) is 5.66. The molecular weight excluding hydrogens is 691 g/mol. The Bertz CT molecular complexity index is 3120. The topological polar surface area (TPSA) is 42.8 Å². The zero-order valence-electron chi connectivity index (χ0n) is 31.4. The number of benzene rings is 8. The molecule has 0 aliphatic rings. The van der Waals surface area contributed by atoms with Crippen molar-refractivity contribution in [3.63, 3.8) is 0 Å². The van der Waals surface area contributed by atoms with Crippen LogP contribution in [0.3, 0.4) is 0 Å². The Morgan fingerprint density at radius 3 is 1.72 bits per heavy atom. The molecule has 3 nitrogen and oxygen atoms in total. The van der Waals surface area contributed by atoms with Crippen molar-refractivity contribution in [1.82, 2.24) is 4.40 Å². The van der Waals surface area contributed by atoms with Gasteiger partial charge in [0.25, 0.3) is 0 Å². The van der Waals surface area contributed by atoms with Crippen LogP contribution in [-0.2, 0) is 0 Å². The van der Waals surface area contributed by atoms with Crippen LogP contribution in [0.4, 0.5) is 5.69 Å². The van der Waals surface area contributed by atoms with Crippen LogP contribution in [0, 0.1) is 0 Å². The molecule has 0 aliphatic heterocycles. The molecule has 2 heterocycles. The second-order valence-electron chi connectivity index (χ2n) is 14.5. The molecule has 0 spiro atoms. The SMILES string of the molecule is C=CC(=NC(c1ccc(-c2ccccc2)cc1)c1ccc2cc3c4ccccc4c4ccccc4n3c2c1-c1ccccc1N)c1ccc(-c2ccccc2)cc1. The van der Waals surface area contributed by atoms with E-state index in [1.54, 1.807) is 0 Å². The molecule has 57 heavy (non-hydrogen) atoms. The molecule has 0 radical (unpaired) electrons. The van der Waals surface area contributed by atoms with Crippen molar-refractivity contribution < 1.29 is 0 Å². The molecule has 2 aromatic heterocycles. The van der Waals surface area contributed by atoms with Crippen LogP contribution in [0.1, 0.15) is 22.7 Å². The maximum atomic E-state index is 6.97. The summed E-state index contributed by atoms with van der Waals surface area (Å²) in [5, 5.41) is 4.79. The second-order valence-corrected chi connectivity index (χ2v) is 14.5. The van der Waals surface area contributed by atoms with Gasteiger partial charge in [-0.1, -0.05) is 189 Å². The van der Waals surface area contributed by atoms with E-state index in [9.17, 15) is 0 Å². The van der Waals surface area contributed by atoms with Gasteiger partial charge < -0.3 is 10.1 Å². The second kappa shape index (κ2) is 14.3. The zero-order chi connectivity index (χ0) is 38.3. The molecule has 0 bridgehead atoms. The number of pyridine rings is 1. The van der Waals surface area contributed by atoms with Gasteiger partial charge in [-0.15, -0.1) is 0 Å². The number of rotatable bonds is 8. The Morgan fingerprint density at radius 2 is 1.07 bits per heavy atom. The van der Waals surface area contributed by atoms with Crippen LogP contribution >= 0.6 is 0 Å². The third kappa shape index (κ3) is 5.98. The van der Waals surface area contributed by atoms with E-state index in [1.165, 1.54) is 27.3 Å². The molecule has 10 rings (SSSR count). The Balaban J connectivity index is 1.26. The predicted octanol–water partition coefficient (Wildman–Crippen LogP) is 13.7. The lowest BCUT2D eigenvalue weighted by Crippen LogP contribution is -2.07. The van der Waals surface area contributed by atoms with Crippen molar-refractivity contribution in [3.8, 4) is 33.4 Å². The minimum Gasteiger partial charge on any atom is -0.398 e. The lowest BCUT2D eigenvalue weighted by molar-refractivity contribution is 0.878. The summed E-state index contributed by atoms with van der Waals surface area (Å²) in [6.45, 7) is 4.30. The molecule has 0 aliphatic carbocycles. The lowest BCUT2D eigenvalue weighted by atomic mass is 9.88. The molecule has 0 fully saturated rings. The number of para-hydroxylation sites is 2. The third-order valence-corrected chi connectivity index (χ3v) is 11.2. The molecule has 3 heteroatoms. The highest BCUT2D eigenvalue weighted by molar-refractivity contribution is 6.17. The molecule has 0 amide bonds. The quantitative estimate of drug-likeness (QED) is 0.0944. The van der Waals surface area contributed by atoms with Gasteiger partial charge in [-0.2, -0.15) is 0 Å². The molecule has 10 aromatic rings. The van der Waals surface area contributed by atoms with E-state index in [1.807, 2.05) is 24.3 Å². The van der Waals surface area contributed by atoms with E-state index in [-0.39, 0.29) is 0 Å². The van der Waals surface area contributed by atoms with Crippen molar-refractivity contribution in [2.24, 2.45) is 4.99 Å². The van der Waals surface area contributed by atoms with Gasteiger partial charge in [0.1, 0.15) is 6.04 Å². The van der Waals surface area contributed by atoms with Gasteiger partial charge in [0.2, 0.25) is 0 Å². The lowest BCUT2D eigenvalue weighted by Gasteiger charge is -2.22. The maximum absolute atomic E-state index is 6.97. The fourth-order valence-corrected chi connectivity index (χ4v) is 8.49. The van der Waals surface area contributed by atoms with Crippen LogP contribution in [0.25, 0.3) is 71.5 Å². The number of nitrogen functional groups attached to an aromatic ring is 1. The smallest absolute Gasteiger partial charge is 0.101 e. The molecule has 0 saturated heterocycles. The van der Waals surface area contributed by atoms with E-state index >= 15 is 0 Å². The first-order valence-electron chi connectivity index (χ1n) is 19.4. The van der Waals surface area contributed by atoms with E-state index in [4.69, 9.17) is 10.7 Å². The Labute approximate surface area is 332 Å². The summed E-state index contributed by atoms with van der Waals surface area (Å²) >= 11 is 0. The fourth-order valence-electron chi connectivity index (χ4n) is 8.49. The first-order valence-corrected chi connectivity index (χ1v) is 19.4. The van der Waals surface area contributed by atoms with Gasteiger partial charge in [0, 0.05) is 33.0 Å². The number of hydrogen-bond acceptors (Lipinski definition) is 2. The average molecular weight is 730 g/mol. The summed E-state index contributed by atoms with van der Waals surface area (Å²) in [5.41, 5.74) is 21.7. The van der Waals surface area contributed by atoms with Crippen molar-refractivity contribution in [3.05, 3.63) is 230 Å². The number of fused-ring (bicyclic) bond motifs is 8. The summed E-state index contributed by atoms with van der Waals surface area (Å²) in [5.74, 6) is 0. The standard InChI is InChI=1S/C54H39N3/c1-2-49(40-29-25-38(26-30-40)36-15-5-3-6-16-36)56-53(41-31-27-39(28-32-41)37-17-7-4-8-18-37)47-34-33-42-35-51-45-21-10-9-19-43(45)44-20-12-14-24-50(44)57(51)54(42)52(47)46-22-11-13-23-48(46)55/h2-35,53H,1,55H2. The summed E-state index contributed by atoms with van der Waals surface area (Å²) in [6.07, 6.45) is 1.88. The van der Waals surface area contributed by atoms with Crippen molar-refractivity contribution in [2.75, 3.05) is 5.73 Å². The average Bonchev–Trinajstić information content (AvgIpc) is 3.68. The predicted molar refractivity (Wildman–Crippen MR) is 242 cm³/mol. The largest absolute Gasteiger partial charge is 0.398 e. The van der Waals surface area contributed by atoms with Gasteiger partial charge >= 0.3 is 0 Å². The molecule has 1 unspecified atom stereocenters. The Kier molecular flexibility index (Phi) is 8.54. The van der Waals surface area contributed by atoms with Crippen LogP contribution in [0.5, 0.6) is 0 Å². The van der Waals surface area contributed by atoms with Crippen molar-refractivity contribution >= 4 is 49.5 Å². The Morgan fingerprint density at radius 1 is 0.526 bits per heavy atom. The Hall–Kier alpha value is -7.49. The number of allylic oxidation sites excluding steroid dienone is 1. The van der Waals surface area contributed by atoms with Crippen LogP contribution in [0.2, 0.25) is 0 Å². The first kappa shape index (κ1) is 34.0. The number of aliphatic imine (C=N–C) groups is 1. The number of hydrogen-bond donors (Lipinski definition) is 1. The molecule has 270 valence electrons. The zero-order valence-corrected chi connectivity index (χ0v) is 31.4. The van der Waals surface area contributed by atoms with Crippen LogP contribution < -0.4 is 5.73 Å². The van der Waals surface area contributed by atoms with Crippen molar-refractivity contribution in [1.29, 1.82) is 0 Å². The first-order chi connectivity index (χ1) is 28.2. The highest BCUT2D eigenvalue weighted by Crippen LogP contribution is 2.45. The number of nitrogens with zero attached hydrogens (tertiary/aromatic N) is 2. The van der Waals surface area contributed by atoms with E-state index in [0.717, 1.165) is 66.6 Å². The normalized spacial score (nSPS) is 12.4. The number of anilines is 1. The molecule has 8 aromatic carbocycles. The highest BCUT2D eigenvalue weighted by atomic mass is 14.9. The van der Waals surface area contributed by atoms with Gasteiger partial charge in [-0.3, -0.25) is 4.99 Å². The van der Waals surface area contributed by atoms with Gasteiger partial charge in [0.05, 0.1) is 22.3 Å². The highest BCUT2D eigenvalue weighted by Gasteiger charge is 2.25. The summed E-state index contributed by atoms with van der Waals surface area (Å²) in [6, 6.07) is 70.5. The van der Waals surface area contributed by atoms with E-state index < -0.39 is 6.04 Å². The fraction of sp³-hybridized carbons (Fsp3) is 0.0185. The minimum absolute atomic E-state index is 0.395. The van der Waals surface area contributed by atoms with E-state index in [2.05, 4.69) is 193 Å². The molecular formula is C54H39N3. The molecule has 2 N–H and O–H groups in total. The van der Waals surface area contributed by atoms with Gasteiger partial charge in [0.15, 0.2) is 0 Å². The maximum Gasteiger partial charge on any atom is 0.101 e. The number of aromatic nitrogens is 1. The minimum atomic E-state index is -0.395. The monoisotopic (exact) mass is 729 g/mol. The van der Waals surface area contributed by atoms with Crippen LogP contribution in [0.15, 0.2) is 218 Å². The van der Waals surface area contributed by atoms with Gasteiger partial charge in [-0.05, 0) is 68.6 Å². The number of nitrogens with two attached hydrogens (primary N) is 1.